The fourth-order valence-electron chi connectivity index (χ4n) is 9.04. The molecule has 0 radical (unpaired) electrons. The van der Waals surface area contributed by atoms with Gasteiger partial charge in [0.15, 0.2) is 0 Å². The first-order chi connectivity index (χ1) is 29.2. The van der Waals surface area contributed by atoms with Gasteiger partial charge in [-0.1, -0.05) is 127 Å². The van der Waals surface area contributed by atoms with E-state index in [-0.39, 0.29) is 0 Å². The number of nitrogens with zero attached hydrogens (tertiary/aromatic N) is 2. The zero-order chi connectivity index (χ0) is 39.4. The van der Waals surface area contributed by atoms with Crippen LogP contribution in [0.3, 0.4) is 0 Å². The number of rotatable bonds is 8. The van der Waals surface area contributed by atoms with Gasteiger partial charge in [0.2, 0.25) is 0 Å². The standard InChI is InChI=1S/C56H48N2O/c1-5-13-41(14-6-1)43-23-29-52(30-24-43)57(50-17-9-3-10-18-50)54-33-27-45-21-22-48-37-46-28-34-55(39-49(46)40-56(48)59-36-35-47(45)38-54)58(51-19-11-4-12-20-51)53-31-25-44(26-32-53)42-15-7-2-8-16-42/h1-2,4-9,11-17,19-20,23-35,37-40,45,50H,3,10,18,21-22,36H2/b47-35-. The monoisotopic (exact) mass is 764 g/mol. The first-order valence-electron chi connectivity index (χ1n) is 21.1. The summed E-state index contributed by atoms with van der Waals surface area (Å²) in [5.41, 5.74) is 13.3. The van der Waals surface area contributed by atoms with Crippen molar-refractivity contribution in [2.75, 3.05) is 16.4 Å². The van der Waals surface area contributed by atoms with Crippen molar-refractivity contribution in [1.82, 2.24) is 0 Å². The van der Waals surface area contributed by atoms with Crippen LogP contribution in [0.15, 0.2) is 218 Å². The molecule has 3 nitrogen and oxygen atoms in total. The number of aryl methyl sites for hydroxylation is 1. The van der Waals surface area contributed by atoms with Crippen LogP contribution in [0, 0.1) is 5.92 Å². The molecule has 59 heavy (non-hydrogen) atoms. The van der Waals surface area contributed by atoms with E-state index in [1.807, 2.05) is 0 Å². The third-order valence-electron chi connectivity index (χ3n) is 12.1. The van der Waals surface area contributed by atoms with Crippen molar-refractivity contribution < 1.29 is 4.74 Å². The lowest BCUT2D eigenvalue weighted by molar-refractivity contribution is 0.359. The molecule has 0 fully saturated rings. The summed E-state index contributed by atoms with van der Waals surface area (Å²) in [6.45, 7) is 0.528. The normalized spacial score (nSPS) is 18.2. The number of hydrogen-bond donors (Lipinski definition) is 0. The highest BCUT2D eigenvalue weighted by Gasteiger charge is 2.25. The quantitative estimate of drug-likeness (QED) is 0.143. The highest BCUT2D eigenvalue weighted by Crippen LogP contribution is 2.40. The minimum atomic E-state index is 0.319. The summed E-state index contributed by atoms with van der Waals surface area (Å²) in [4.78, 5) is 4.88. The molecule has 0 amide bonds. The number of allylic oxidation sites excluding steroid dienone is 5. The minimum Gasteiger partial charge on any atom is -0.489 e. The van der Waals surface area contributed by atoms with Crippen LogP contribution in [-0.4, -0.2) is 12.6 Å². The average molecular weight is 765 g/mol. The molecule has 2 aliphatic carbocycles. The minimum absolute atomic E-state index is 0.319. The molecule has 0 N–H and O–H groups in total. The molecular weight excluding hydrogens is 717 g/mol. The van der Waals surface area contributed by atoms with Crippen molar-refractivity contribution in [3.63, 3.8) is 0 Å². The lowest BCUT2D eigenvalue weighted by Gasteiger charge is -2.36. The SMILES string of the molecule is C1=CC(N(C2=C/C3=C/COc4cc5cc(N(c6ccccc6)c6ccc(-c7ccccc7)cc6)ccc5cc4CCC3C=C2)c2ccc(-c3ccccc3)cc2)CCC1. The van der Waals surface area contributed by atoms with Gasteiger partial charge in [-0.25, -0.2) is 0 Å². The maximum Gasteiger partial charge on any atom is 0.123 e. The Morgan fingerprint density at radius 2 is 1.15 bits per heavy atom. The Balaban J connectivity index is 0.935. The molecular formula is C56H48N2O. The molecule has 0 spiro atoms. The van der Waals surface area contributed by atoms with Crippen molar-refractivity contribution >= 4 is 33.5 Å². The number of benzene rings is 7. The molecule has 7 aromatic carbocycles. The van der Waals surface area contributed by atoms with E-state index in [0.29, 0.717) is 18.6 Å². The van der Waals surface area contributed by atoms with E-state index in [4.69, 9.17) is 4.74 Å². The summed E-state index contributed by atoms with van der Waals surface area (Å²) in [6.07, 6.45) is 19.8. The third-order valence-corrected chi connectivity index (χ3v) is 12.1. The van der Waals surface area contributed by atoms with E-state index in [0.717, 1.165) is 48.5 Å². The summed E-state index contributed by atoms with van der Waals surface area (Å²) in [5.74, 6) is 1.31. The summed E-state index contributed by atoms with van der Waals surface area (Å²) in [5, 5.41) is 2.40. The van der Waals surface area contributed by atoms with Gasteiger partial charge in [0.05, 0.1) is 6.04 Å². The predicted molar refractivity (Wildman–Crippen MR) is 248 cm³/mol. The molecule has 3 heteroatoms. The summed E-state index contributed by atoms with van der Waals surface area (Å²) in [7, 11) is 0. The second-order valence-electron chi connectivity index (χ2n) is 15.9. The van der Waals surface area contributed by atoms with E-state index in [2.05, 4.69) is 216 Å². The van der Waals surface area contributed by atoms with Crippen LogP contribution in [0.1, 0.15) is 31.2 Å². The van der Waals surface area contributed by atoms with E-state index in [9.17, 15) is 0 Å². The van der Waals surface area contributed by atoms with Gasteiger partial charge < -0.3 is 14.5 Å². The van der Waals surface area contributed by atoms with Crippen molar-refractivity contribution in [2.45, 2.75) is 38.1 Å². The second-order valence-corrected chi connectivity index (χ2v) is 15.9. The summed E-state index contributed by atoms with van der Waals surface area (Å²) < 4.78 is 6.67. The Hall–Kier alpha value is -6.84. The van der Waals surface area contributed by atoms with Gasteiger partial charge in [0, 0.05) is 34.4 Å². The fourth-order valence-corrected chi connectivity index (χ4v) is 9.04. The van der Waals surface area contributed by atoms with Crippen LogP contribution < -0.4 is 14.5 Å². The van der Waals surface area contributed by atoms with Crippen molar-refractivity contribution in [3.05, 3.63) is 223 Å². The molecule has 1 aliphatic heterocycles. The smallest absolute Gasteiger partial charge is 0.123 e. The van der Waals surface area contributed by atoms with Gasteiger partial charge in [-0.2, -0.15) is 0 Å². The van der Waals surface area contributed by atoms with Crippen LogP contribution >= 0.6 is 0 Å². The fraction of sp³-hybridized carbons (Fsp3) is 0.143. The van der Waals surface area contributed by atoms with Crippen molar-refractivity contribution in [3.8, 4) is 28.0 Å². The molecule has 7 aromatic rings. The van der Waals surface area contributed by atoms with Crippen molar-refractivity contribution in [1.29, 1.82) is 0 Å². The lowest BCUT2D eigenvalue weighted by atomic mass is 9.87. The molecule has 10 rings (SSSR count). The Labute approximate surface area is 348 Å². The zero-order valence-electron chi connectivity index (χ0n) is 33.3. The number of anilines is 4. The number of hydrogen-bond acceptors (Lipinski definition) is 3. The lowest BCUT2D eigenvalue weighted by Crippen LogP contribution is -2.34. The predicted octanol–water partition coefficient (Wildman–Crippen LogP) is 14.6. The molecule has 0 saturated heterocycles. The van der Waals surface area contributed by atoms with Gasteiger partial charge in [0.25, 0.3) is 0 Å². The largest absolute Gasteiger partial charge is 0.489 e. The van der Waals surface area contributed by atoms with Gasteiger partial charge >= 0.3 is 0 Å². The number of para-hydroxylation sites is 1. The van der Waals surface area contributed by atoms with Crippen LogP contribution in [0.5, 0.6) is 5.75 Å². The highest BCUT2D eigenvalue weighted by molar-refractivity contribution is 5.91. The molecule has 0 aromatic heterocycles. The van der Waals surface area contributed by atoms with E-state index >= 15 is 0 Å². The van der Waals surface area contributed by atoms with Gasteiger partial charge in [-0.05, 0) is 155 Å². The molecule has 2 atom stereocenters. The Kier molecular flexibility index (Phi) is 10.2. The summed E-state index contributed by atoms with van der Waals surface area (Å²) in [6, 6.07) is 61.6. The molecule has 0 bridgehead atoms. The first kappa shape index (κ1) is 36.5. The number of fused-ring (bicyclic) bond motifs is 3. The van der Waals surface area contributed by atoms with Crippen molar-refractivity contribution in [2.24, 2.45) is 5.92 Å². The van der Waals surface area contributed by atoms with E-state index in [1.54, 1.807) is 0 Å². The highest BCUT2D eigenvalue weighted by atomic mass is 16.5. The van der Waals surface area contributed by atoms with Crippen LogP contribution in [0.25, 0.3) is 33.0 Å². The molecule has 0 saturated carbocycles. The van der Waals surface area contributed by atoms with Gasteiger partial charge in [-0.3, -0.25) is 0 Å². The maximum absolute atomic E-state index is 6.67. The Morgan fingerprint density at radius 1 is 0.525 bits per heavy atom. The summed E-state index contributed by atoms with van der Waals surface area (Å²) >= 11 is 0. The second kappa shape index (κ2) is 16.6. The molecule has 1 heterocycles. The Bertz CT molecular complexity index is 2680. The molecule has 288 valence electrons. The average Bonchev–Trinajstić information content (AvgIpc) is 3.39. The molecule has 2 unspecified atom stereocenters. The molecule has 3 aliphatic rings. The number of ether oxygens (including phenoxy) is 1. The van der Waals surface area contributed by atoms with E-state index in [1.165, 1.54) is 62.0 Å². The van der Waals surface area contributed by atoms with Crippen LogP contribution in [-0.2, 0) is 6.42 Å². The topological polar surface area (TPSA) is 15.7 Å². The third kappa shape index (κ3) is 7.77. The van der Waals surface area contributed by atoms with Gasteiger partial charge in [-0.15, -0.1) is 0 Å². The van der Waals surface area contributed by atoms with Crippen LogP contribution in [0.2, 0.25) is 0 Å². The van der Waals surface area contributed by atoms with Crippen LogP contribution in [0.4, 0.5) is 22.7 Å². The Morgan fingerprint density at radius 3 is 1.83 bits per heavy atom. The van der Waals surface area contributed by atoms with E-state index < -0.39 is 0 Å². The van der Waals surface area contributed by atoms with Gasteiger partial charge in [0.1, 0.15) is 12.4 Å². The maximum atomic E-state index is 6.67. The zero-order valence-corrected chi connectivity index (χ0v) is 33.3. The first-order valence-corrected chi connectivity index (χ1v) is 21.1.